The van der Waals surface area contributed by atoms with Gasteiger partial charge in [0.25, 0.3) is 0 Å². The van der Waals surface area contributed by atoms with Gasteiger partial charge in [-0.05, 0) is 71.7 Å². The SMILES string of the molecule is CCCCS(=O)(=O)N(C)Cc1ccc(-c2cc(CC(=O)C3(c4ccc5c(c4)OCO5)CC3)ccc2C)cc1. The molecule has 200 valence electrons. The summed E-state index contributed by atoms with van der Waals surface area (Å²) in [5.41, 5.74) is 5.78. The Morgan fingerprint density at radius 2 is 1.66 bits per heavy atom. The molecular formula is C31H35NO5S. The summed E-state index contributed by atoms with van der Waals surface area (Å²) in [5.74, 6) is 1.86. The number of Topliss-reactive ketones (excluding diaryl/α,β-unsaturated/α-hetero) is 1. The molecule has 0 atom stereocenters. The molecule has 0 saturated heterocycles. The Morgan fingerprint density at radius 1 is 0.947 bits per heavy atom. The molecule has 3 aromatic carbocycles. The number of ether oxygens (including phenoxy) is 2. The minimum absolute atomic E-state index is 0.179. The molecule has 1 aliphatic heterocycles. The fourth-order valence-corrected chi connectivity index (χ4v) is 6.43. The van der Waals surface area contributed by atoms with Crippen molar-refractivity contribution >= 4 is 15.8 Å². The average Bonchev–Trinajstić information content (AvgIpc) is 3.59. The Kier molecular flexibility index (Phi) is 7.34. The van der Waals surface area contributed by atoms with Crippen molar-refractivity contribution in [3.05, 3.63) is 82.9 Å². The quantitative estimate of drug-likeness (QED) is 0.312. The summed E-state index contributed by atoms with van der Waals surface area (Å²) in [4.78, 5) is 13.5. The third-order valence-corrected chi connectivity index (χ3v) is 9.66. The zero-order valence-corrected chi connectivity index (χ0v) is 23.1. The molecule has 5 rings (SSSR count). The Hall–Kier alpha value is -3.16. The summed E-state index contributed by atoms with van der Waals surface area (Å²) in [6.45, 7) is 4.63. The van der Waals surface area contributed by atoms with Crippen molar-refractivity contribution in [1.29, 1.82) is 0 Å². The highest BCUT2D eigenvalue weighted by Gasteiger charge is 2.50. The maximum Gasteiger partial charge on any atom is 0.231 e. The summed E-state index contributed by atoms with van der Waals surface area (Å²) in [5, 5.41) is 0. The van der Waals surface area contributed by atoms with E-state index in [0.29, 0.717) is 25.1 Å². The van der Waals surface area contributed by atoms with Crippen LogP contribution in [0.3, 0.4) is 0 Å². The molecule has 38 heavy (non-hydrogen) atoms. The van der Waals surface area contributed by atoms with Crippen molar-refractivity contribution in [2.45, 2.75) is 57.9 Å². The second-order valence-corrected chi connectivity index (χ2v) is 12.7. The van der Waals surface area contributed by atoms with E-state index in [1.807, 2.05) is 55.5 Å². The molecule has 1 aliphatic carbocycles. The van der Waals surface area contributed by atoms with Gasteiger partial charge in [-0.15, -0.1) is 0 Å². The van der Waals surface area contributed by atoms with Gasteiger partial charge in [0, 0.05) is 20.0 Å². The molecular weight excluding hydrogens is 498 g/mol. The van der Waals surface area contributed by atoms with Gasteiger partial charge in [0.1, 0.15) is 5.78 Å². The predicted octanol–water partition coefficient (Wildman–Crippen LogP) is 5.80. The number of benzene rings is 3. The number of carbonyl (C=O) groups excluding carboxylic acids is 1. The number of fused-ring (bicyclic) bond motifs is 1. The molecule has 0 radical (unpaired) electrons. The maximum atomic E-state index is 13.5. The zero-order chi connectivity index (χ0) is 26.9. The number of sulfonamides is 1. The van der Waals surface area contributed by atoms with Crippen LogP contribution >= 0.6 is 0 Å². The highest BCUT2D eigenvalue weighted by Crippen LogP contribution is 2.51. The third kappa shape index (κ3) is 5.36. The van der Waals surface area contributed by atoms with Crippen LogP contribution in [0.15, 0.2) is 60.7 Å². The molecule has 3 aromatic rings. The number of rotatable bonds is 11. The fourth-order valence-electron chi connectivity index (χ4n) is 5.12. The van der Waals surface area contributed by atoms with Gasteiger partial charge < -0.3 is 9.47 Å². The Labute approximate surface area is 225 Å². The first-order chi connectivity index (χ1) is 18.2. The number of aryl methyl sites for hydroxylation is 1. The minimum Gasteiger partial charge on any atom is -0.454 e. The van der Waals surface area contributed by atoms with Crippen LogP contribution in [-0.4, -0.2) is 38.1 Å². The van der Waals surface area contributed by atoms with Crippen LogP contribution < -0.4 is 9.47 Å². The lowest BCUT2D eigenvalue weighted by Crippen LogP contribution is -2.28. The standard InChI is InChI=1S/C31H35NO5S/c1-4-5-16-38(34,35)32(3)20-23-8-10-25(11-9-23)27-17-24(7-6-22(27)2)18-30(33)31(14-15-31)26-12-13-28-29(19-26)37-21-36-28/h6-13,17,19H,4-5,14-16,18,20-21H2,1-3H3. The fraction of sp³-hybridized carbons (Fsp3) is 0.387. The van der Waals surface area contributed by atoms with Gasteiger partial charge in [0.2, 0.25) is 16.8 Å². The molecule has 6 nitrogen and oxygen atoms in total. The molecule has 2 aliphatic rings. The van der Waals surface area contributed by atoms with Gasteiger partial charge in [-0.25, -0.2) is 12.7 Å². The van der Waals surface area contributed by atoms with Crippen LogP contribution in [0.1, 0.15) is 54.9 Å². The van der Waals surface area contributed by atoms with Gasteiger partial charge in [0.15, 0.2) is 11.5 Å². The molecule has 0 N–H and O–H groups in total. The molecule has 1 saturated carbocycles. The van der Waals surface area contributed by atoms with Crippen molar-refractivity contribution < 1.29 is 22.7 Å². The van der Waals surface area contributed by atoms with E-state index in [-0.39, 0.29) is 18.3 Å². The lowest BCUT2D eigenvalue weighted by molar-refractivity contribution is -0.120. The van der Waals surface area contributed by atoms with Crippen LogP contribution in [0.4, 0.5) is 0 Å². The maximum absolute atomic E-state index is 13.5. The Morgan fingerprint density at radius 3 is 2.37 bits per heavy atom. The molecule has 0 spiro atoms. The number of unbranched alkanes of at least 4 members (excludes halogenated alkanes) is 1. The summed E-state index contributed by atoms with van der Waals surface area (Å²) in [6.07, 6.45) is 3.61. The van der Waals surface area contributed by atoms with Crippen molar-refractivity contribution in [1.82, 2.24) is 4.31 Å². The summed E-state index contributed by atoms with van der Waals surface area (Å²) >= 11 is 0. The van der Waals surface area contributed by atoms with E-state index in [0.717, 1.165) is 58.4 Å². The third-order valence-electron chi connectivity index (χ3n) is 7.78. The summed E-state index contributed by atoms with van der Waals surface area (Å²) < 4.78 is 37.3. The van der Waals surface area contributed by atoms with Gasteiger partial charge in [0.05, 0.1) is 11.2 Å². The minimum atomic E-state index is -3.25. The normalized spacial score (nSPS) is 15.6. The van der Waals surface area contributed by atoms with E-state index in [1.54, 1.807) is 7.05 Å². The van der Waals surface area contributed by atoms with Gasteiger partial charge in [-0.3, -0.25) is 4.79 Å². The summed E-state index contributed by atoms with van der Waals surface area (Å²) in [7, 11) is -1.61. The predicted molar refractivity (Wildman–Crippen MR) is 149 cm³/mol. The van der Waals surface area contributed by atoms with E-state index in [2.05, 4.69) is 19.1 Å². The molecule has 0 amide bonds. The van der Waals surface area contributed by atoms with Crippen molar-refractivity contribution in [2.24, 2.45) is 0 Å². The Bertz CT molecular complexity index is 1440. The average molecular weight is 534 g/mol. The number of carbonyl (C=O) groups is 1. The van der Waals surface area contributed by atoms with Crippen LogP contribution in [0.5, 0.6) is 11.5 Å². The summed E-state index contributed by atoms with van der Waals surface area (Å²) in [6, 6.07) is 20.1. The lowest BCUT2D eigenvalue weighted by Gasteiger charge is -2.18. The van der Waals surface area contributed by atoms with E-state index < -0.39 is 15.4 Å². The van der Waals surface area contributed by atoms with Crippen molar-refractivity contribution in [3.63, 3.8) is 0 Å². The van der Waals surface area contributed by atoms with E-state index in [4.69, 9.17) is 9.47 Å². The van der Waals surface area contributed by atoms with Gasteiger partial charge >= 0.3 is 0 Å². The van der Waals surface area contributed by atoms with E-state index in [9.17, 15) is 13.2 Å². The first kappa shape index (κ1) is 26.4. The van der Waals surface area contributed by atoms with Crippen molar-refractivity contribution in [3.8, 4) is 22.6 Å². The second-order valence-electron chi connectivity index (χ2n) is 10.5. The molecule has 1 fully saturated rings. The molecule has 1 heterocycles. The smallest absolute Gasteiger partial charge is 0.231 e. The number of nitrogens with zero attached hydrogens (tertiary/aromatic N) is 1. The monoisotopic (exact) mass is 533 g/mol. The molecule has 7 heteroatoms. The second kappa shape index (κ2) is 10.5. The van der Waals surface area contributed by atoms with E-state index in [1.165, 1.54) is 4.31 Å². The van der Waals surface area contributed by atoms with E-state index >= 15 is 0 Å². The largest absolute Gasteiger partial charge is 0.454 e. The first-order valence-corrected chi connectivity index (χ1v) is 14.9. The molecule has 0 bridgehead atoms. The topological polar surface area (TPSA) is 72.9 Å². The number of hydrogen-bond donors (Lipinski definition) is 0. The number of hydrogen-bond acceptors (Lipinski definition) is 5. The highest BCUT2D eigenvalue weighted by atomic mass is 32.2. The van der Waals surface area contributed by atoms with Crippen LogP contribution in [0.25, 0.3) is 11.1 Å². The zero-order valence-electron chi connectivity index (χ0n) is 22.3. The van der Waals surface area contributed by atoms with Crippen LogP contribution in [0.2, 0.25) is 0 Å². The Balaban J connectivity index is 1.29. The van der Waals surface area contributed by atoms with Gasteiger partial charge in [-0.1, -0.05) is 61.9 Å². The van der Waals surface area contributed by atoms with Crippen LogP contribution in [0, 0.1) is 6.92 Å². The highest BCUT2D eigenvalue weighted by molar-refractivity contribution is 7.89. The molecule has 0 unspecified atom stereocenters. The number of ketones is 1. The van der Waals surface area contributed by atoms with Gasteiger partial charge in [-0.2, -0.15) is 0 Å². The van der Waals surface area contributed by atoms with Crippen molar-refractivity contribution in [2.75, 3.05) is 19.6 Å². The first-order valence-electron chi connectivity index (χ1n) is 13.3. The van der Waals surface area contributed by atoms with Crippen LogP contribution in [-0.2, 0) is 33.2 Å². The lowest BCUT2D eigenvalue weighted by atomic mass is 9.87. The molecule has 0 aromatic heterocycles.